The first-order valence-electron chi connectivity index (χ1n) is 7.86. The van der Waals surface area contributed by atoms with Crippen molar-refractivity contribution >= 4 is 46.8 Å². The summed E-state index contributed by atoms with van der Waals surface area (Å²) in [6.45, 7) is 14.2. The highest BCUT2D eigenvalue weighted by atomic mass is 79.9. The molecule has 0 bridgehead atoms. The van der Waals surface area contributed by atoms with Crippen LogP contribution in [0.4, 0.5) is 0 Å². The summed E-state index contributed by atoms with van der Waals surface area (Å²) in [6, 6.07) is 2.09. The third kappa shape index (κ3) is 4.16. The third-order valence-corrected chi connectivity index (χ3v) is 10.1. The van der Waals surface area contributed by atoms with Gasteiger partial charge >= 0.3 is 0 Å². The molecule has 0 aliphatic carbocycles. The lowest BCUT2D eigenvalue weighted by Gasteiger charge is -2.36. The second-order valence-electron chi connectivity index (χ2n) is 7.51. The molecule has 1 atom stereocenters. The monoisotopic (exact) mass is 417 g/mol. The third-order valence-electron chi connectivity index (χ3n) is 4.74. The van der Waals surface area contributed by atoms with Gasteiger partial charge in [0, 0.05) is 18.9 Å². The van der Waals surface area contributed by atoms with E-state index in [0.29, 0.717) is 5.15 Å². The van der Waals surface area contributed by atoms with E-state index in [1.807, 2.05) is 10.7 Å². The summed E-state index contributed by atoms with van der Waals surface area (Å²) < 4.78 is 9.08. The molecule has 1 unspecified atom stereocenters. The number of pyridine rings is 1. The van der Waals surface area contributed by atoms with Gasteiger partial charge in [-0.2, -0.15) is 5.10 Å². The first kappa shape index (κ1) is 18.9. The van der Waals surface area contributed by atoms with Crippen molar-refractivity contribution in [1.29, 1.82) is 0 Å². The summed E-state index contributed by atoms with van der Waals surface area (Å²) in [4.78, 5) is 4.13. The zero-order valence-electron chi connectivity index (χ0n) is 14.7. The zero-order valence-corrected chi connectivity index (χ0v) is 18.0. The lowest BCUT2D eigenvalue weighted by molar-refractivity contribution is 0.257. The molecule has 0 spiro atoms. The van der Waals surface area contributed by atoms with Gasteiger partial charge in [-0.3, -0.25) is 4.68 Å². The smallest absolute Gasteiger partial charge is 0.191 e. The molecule has 2 aromatic rings. The van der Waals surface area contributed by atoms with Gasteiger partial charge in [0.05, 0.1) is 16.9 Å². The van der Waals surface area contributed by atoms with E-state index in [9.17, 15) is 0 Å². The molecule has 0 aliphatic rings. The molecule has 2 aromatic heterocycles. The minimum Gasteiger partial charge on any atom is -0.417 e. The van der Waals surface area contributed by atoms with Crippen molar-refractivity contribution in [3.63, 3.8) is 0 Å². The lowest BCUT2D eigenvalue weighted by Crippen LogP contribution is -2.41. The van der Waals surface area contributed by atoms with E-state index in [4.69, 9.17) is 16.0 Å². The second-order valence-corrected chi connectivity index (χ2v) is 13.5. The van der Waals surface area contributed by atoms with Crippen molar-refractivity contribution in [2.45, 2.75) is 58.3 Å². The molecule has 0 fully saturated rings. The molecule has 0 aliphatic heterocycles. The van der Waals surface area contributed by atoms with Crippen molar-refractivity contribution < 1.29 is 4.43 Å². The Morgan fingerprint density at radius 1 is 1.39 bits per heavy atom. The average Bonchev–Trinajstić information content (AvgIpc) is 2.74. The van der Waals surface area contributed by atoms with E-state index >= 15 is 0 Å². The summed E-state index contributed by atoms with van der Waals surface area (Å²) in [5, 5.41) is 6.28. The van der Waals surface area contributed by atoms with Crippen molar-refractivity contribution in [1.82, 2.24) is 14.8 Å². The van der Waals surface area contributed by atoms with Gasteiger partial charge in [-0.05, 0) is 47.4 Å². The first-order chi connectivity index (χ1) is 10.5. The Hall–Kier alpha value is -0.433. The molecule has 2 rings (SSSR count). The van der Waals surface area contributed by atoms with Crippen LogP contribution in [0.25, 0.3) is 10.9 Å². The summed E-state index contributed by atoms with van der Waals surface area (Å²) in [5.74, 6) is 0. The average molecular weight is 419 g/mol. The number of hydrogen-bond donors (Lipinski definition) is 0. The molecule has 0 radical (unpaired) electrons. The standard InChI is InChI=1S/C16H25BrClN3OSi/c1-11(7-8-22-23(5,6)16(2,3)4)21-13-9-14(18)19-10-12(13)15(17)20-21/h9-11H,7-8H2,1-6H3. The lowest BCUT2D eigenvalue weighted by atomic mass is 10.2. The maximum Gasteiger partial charge on any atom is 0.191 e. The molecule has 0 amide bonds. The van der Waals surface area contributed by atoms with Crippen molar-refractivity contribution in [3.8, 4) is 0 Å². The fourth-order valence-electron chi connectivity index (χ4n) is 2.13. The minimum absolute atomic E-state index is 0.229. The molecule has 0 saturated heterocycles. The summed E-state index contributed by atoms with van der Waals surface area (Å²) in [6.07, 6.45) is 2.67. The Morgan fingerprint density at radius 2 is 2.04 bits per heavy atom. The second kappa shape index (κ2) is 6.82. The topological polar surface area (TPSA) is 39.9 Å². The Bertz CT molecular complexity index is 696. The molecule has 4 nitrogen and oxygen atoms in total. The van der Waals surface area contributed by atoms with E-state index in [1.165, 1.54) is 0 Å². The largest absolute Gasteiger partial charge is 0.417 e. The number of fused-ring (bicyclic) bond motifs is 1. The molecule has 2 heterocycles. The van der Waals surface area contributed by atoms with Crippen molar-refractivity contribution in [2.75, 3.05) is 6.61 Å². The molecule has 23 heavy (non-hydrogen) atoms. The Morgan fingerprint density at radius 3 is 2.65 bits per heavy atom. The van der Waals surface area contributed by atoms with Crippen LogP contribution in [0.1, 0.15) is 40.2 Å². The van der Waals surface area contributed by atoms with Crippen LogP contribution in [0.3, 0.4) is 0 Å². The fraction of sp³-hybridized carbons (Fsp3) is 0.625. The van der Waals surface area contributed by atoms with E-state index in [-0.39, 0.29) is 11.1 Å². The maximum atomic E-state index is 6.28. The fourth-order valence-corrected chi connectivity index (χ4v) is 3.82. The van der Waals surface area contributed by atoms with Crippen molar-refractivity contribution in [3.05, 3.63) is 22.0 Å². The van der Waals surface area contributed by atoms with Gasteiger partial charge < -0.3 is 4.43 Å². The summed E-state index contributed by atoms with van der Waals surface area (Å²) >= 11 is 9.53. The normalized spacial score (nSPS) is 14.4. The van der Waals surface area contributed by atoms with Gasteiger partial charge in [0.25, 0.3) is 0 Å². The van der Waals surface area contributed by atoms with Gasteiger partial charge in [-0.25, -0.2) is 4.98 Å². The van der Waals surface area contributed by atoms with Gasteiger partial charge in [0.2, 0.25) is 0 Å². The van der Waals surface area contributed by atoms with Gasteiger partial charge in [0.15, 0.2) is 8.32 Å². The zero-order chi connectivity index (χ0) is 17.4. The van der Waals surface area contributed by atoms with E-state index in [0.717, 1.165) is 28.5 Å². The Kier molecular flexibility index (Phi) is 5.61. The number of nitrogens with zero attached hydrogens (tertiary/aromatic N) is 3. The SMILES string of the molecule is CC(CCO[Si](C)(C)C(C)(C)C)n1nc(Br)c2cnc(Cl)cc21. The Balaban J connectivity index is 2.10. The Labute approximate surface area is 152 Å². The number of rotatable bonds is 5. The maximum absolute atomic E-state index is 6.28. The van der Waals surface area contributed by atoms with Gasteiger partial charge in [-0.1, -0.05) is 32.4 Å². The van der Waals surface area contributed by atoms with Crippen LogP contribution in [-0.4, -0.2) is 29.7 Å². The quantitative estimate of drug-likeness (QED) is 0.453. The first-order valence-corrected chi connectivity index (χ1v) is 11.9. The number of halogens is 2. The van der Waals surface area contributed by atoms with Crippen molar-refractivity contribution in [2.24, 2.45) is 0 Å². The van der Waals surface area contributed by atoms with Crippen LogP contribution in [0.15, 0.2) is 16.9 Å². The summed E-state index contributed by atoms with van der Waals surface area (Å²) in [5.41, 5.74) is 0.997. The van der Waals surface area contributed by atoms with Crippen LogP contribution < -0.4 is 0 Å². The van der Waals surface area contributed by atoms with Crippen LogP contribution in [0, 0.1) is 0 Å². The molecule has 0 aromatic carbocycles. The highest BCUT2D eigenvalue weighted by molar-refractivity contribution is 9.10. The molecule has 7 heteroatoms. The van der Waals surface area contributed by atoms with Crippen LogP contribution in [-0.2, 0) is 4.43 Å². The molecule has 0 saturated carbocycles. The number of aromatic nitrogens is 3. The predicted molar refractivity (Wildman–Crippen MR) is 103 cm³/mol. The molecule has 128 valence electrons. The highest BCUT2D eigenvalue weighted by Gasteiger charge is 2.37. The number of hydrogen-bond acceptors (Lipinski definition) is 3. The molecular formula is C16H25BrClN3OSi. The highest BCUT2D eigenvalue weighted by Crippen LogP contribution is 2.37. The summed E-state index contributed by atoms with van der Waals surface area (Å²) in [7, 11) is -1.70. The predicted octanol–water partition coefficient (Wildman–Crippen LogP) is 5.82. The van der Waals surface area contributed by atoms with E-state index in [2.05, 4.69) is 66.8 Å². The van der Waals surface area contributed by atoms with Crippen LogP contribution in [0.5, 0.6) is 0 Å². The van der Waals surface area contributed by atoms with E-state index < -0.39 is 8.32 Å². The van der Waals surface area contributed by atoms with Crippen LogP contribution in [0.2, 0.25) is 23.3 Å². The minimum atomic E-state index is -1.70. The van der Waals surface area contributed by atoms with Crippen LogP contribution >= 0.6 is 27.5 Å². The molecular weight excluding hydrogens is 394 g/mol. The van der Waals surface area contributed by atoms with E-state index in [1.54, 1.807) is 6.20 Å². The van der Waals surface area contributed by atoms with Gasteiger partial charge in [-0.15, -0.1) is 0 Å². The molecule has 0 N–H and O–H groups in total. The van der Waals surface area contributed by atoms with Gasteiger partial charge in [0.1, 0.15) is 9.76 Å².